The molecule has 1 heterocycles. The first-order valence-electron chi connectivity index (χ1n) is 6.87. The normalized spacial score (nSPS) is 10.7. The molecule has 5 nitrogen and oxygen atoms in total. The number of hydrogen-bond donors (Lipinski definition) is 1. The van der Waals surface area contributed by atoms with Crippen LogP contribution in [0.3, 0.4) is 0 Å². The molecule has 0 aliphatic carbocycles. The second-order valence-electron chi connectivity index (χ2n) is 4.11. The number of rotatable bonds is 10. The first kappa shape index (κ1) is 15.9. The van der Waals surface area contributed by atoms with Crippen LogP contribution in [0.25, 0.3) is 0 Å². The zero-order valence-electron chi connectivity index (χ0n) is 12.0. The van der Waals surface area contributed by atoms with E-state index in [0.29, 0.717) is 19.8 Å². The van der Waals surface area contributed by atoms with Gasteiger partial charge in [0.2, 0.25) is 0 Å². The van der Waals surface area contributed by atoms with Gasteiger partial charge in [-0.15, -0.1) is 0 Å². The summed E-state index contributed by atoms with van der Waals surface area (Å²) in [5.74, 6) is 0.933. The third kappa shape index (κ3) is 6.00. The largest absolute Gasteiger partial charge is 0.380 e. The van der Waals surface area contributed by atoms with Crippen molar-refractivity contribution < 1.29 is 9.47 Å². The maximum Gasteiger partial charge on any atom is 0.128 e. The molecule has 108 valence electrons. The van der Waals surface area contributed by atoms with Crippen molar-refractivity contribution in [3.8, 4) is 0 Å². The fourth-order valence-electron chi connectivity index (χ4n) is 1.74. The fraction of sp³-hybridized carbons (Fsp3) is 0.643. The smallest absolute Gasteiger partial charge is 0.128 e. The molecule has 0 unspecified atom stereocenters. The summed E-state index contributed by atoms with van der Waals surface area (Å²) in [6.45, 7) is 8.99. The highest BCUT2D eigenvalue weighted by Gasteiger charge is 2.08. The Morgan fingerprint density at radius 2 is 1.79 bits per heavy atom. The zero-order valence-corrected chi connectivity index (χ0v) is 12.0. The molecule has 2 N–H and O–H groups in total. The van der Waals surface area contributed by atoms with E-state index in [9.17, 15) is 0 Å². The lowest BCUT2D eigenvalue weighted by molar-refractivity contribution is 0.141. The van der Waals surface area contributed by atoms with Crippen molar-refractivity contribution in [1.29, 1.82) is 0 Å². The summed E-state index contributed by atoms with van der Waals surface area (Å²) in [7, 11) is 0. The summed E-state index contributed by atoms with van der Waals surface area (Å²) in [6.07, 6.45) is 1.80. The lowest BCUT2D eigenvalue weighted by Gasteiger charge is -2.23. The van der Waals surface area contributed by atoms with Gasteiger partial charge in [0, 0.05) is 39.0 Å². The molecule has 0 fully saturated rings. The van der Waals surface area contributed by atoms with Crippen LogP contribution >= 0.6 is 0 Å². The quantitative estimate of drug-likeness (QED) is 0.650. The molecular formula is C14H25N3O2. The molecule has 0 spiro atoms. The van der Waals surface area contributed by atoms with Gasteiger partial charge in [-0.3, -0.25) is 0 Å². The highest BCUT2D eigenvalue weighted by molar-refractivity contribution is 5.40. The van der Waals surface area contributed by atoms with E-state index in [2.05, 4.69) is 9.88 Å². The van der Waals surface area contributed by atoms with Crippen molar-refractivity contribution >= 4 is 5.82 Å². The Labute approximate surface area is 115 Å². The van der Waals surface area contributed by atoms with Crippen LogP contribution in [0.4, 0.5) is 5.82 Å². The molecule has 0 aromatic carbocycles. The molecule has 0 saturated carbocycles. The van der Waals surface area contributed by atoms with E-state index >= 15 is 0 Å². The van der Waals surface area contributed by atoms with Gasteiger partial charge in [-0.2, -0.15) is 0 Å². The second-order valence-corrected chi connectivity index (χ2v) is 4.11. The van der Waals surface area contributed by atoms with Crippen LogP contribution < -0.4 is 10.6 Å². The van der Waals surface area contributed by atoms with Gasteiger partial charge in [-0.25, -0.2) is 4.98 Å². The van der Waals surface area contributed by atoms with E-state index in [1.54, 1.807) is 6.20 Å². The van der Waals surface area contributed by atoms with Gasteiger partial charge < -0.3 is 20.1 Å². The molecule has 1 rings (SSSR count). The second kappa shape index (κ2) is 9.72. The highest BCUT2D eigenvalue weighted by Crippen LogP contribution is 2.12. The summed E-state index contributed by atoms with van der Waals surface area (Å²) in [5, 5.41) is 0. The minimum atomic E-state index is 0.528. The van der Waals surface area contributed by atoms with Gasteiger partial charge in [-0.1, -0.05) is 0 Å². The minimum Gasteiger partial charge on any atom is -0.380 e. The van der Waals surface area contributed by atoms with Crippen LogP contribution in [0, 0.1) is 0 Å². The topological polar surface area (TPSA) is 60.6 Å². The Morgan fingerprint density at radius 1 is 1.16 bits per heavy atom. The molecule has 1 aromatic heterocycles. The number of nitrogens with zero attached hydrogens (tertiary/aromatic N) is 2. The van der Waals surface area contributed by atoms with Crippen LogP contribution in [0.2, 0.25) is 0 Å². The number of nitrogens with two attached hydrogens (primary N) is 1. The van der Waals surface area contributed by atoms with E-state index in [0.717, 1.165) is 37.7 Å². The number of ether oxygens (including phenoxy) is 2. The highest BCUT2D eigenvalue weighted by atomic mass is 16.5. The summed E-state index contributed by atoms with van der Waals surface area (Å²) in [4.78, 5) is 6.58. The Balaban J connectivity index is 2.63. The maximum atomic E-state index is 5.67. The van der Waals surface area contributed by atoms with E-state index in [4.69, 9.17) is 15.2 Å². The van der Waals surface area contributed by atoms with Crippen LogP contribution in [0.5, 0.6) is 0 Å². The first-order chi connectivity index (χ1) is 9.31. The van der Waals surface area contributed by atoms with E-state index in [1.807, 2.05) is 26.0 Å². The van der Waals surface area contributed by atoms with Gasteiger partial charge in [0.05, 0.1) is 13.2 Å². The maximum absolute atomic E-state index is 5.67. The van der Waals surface area contributed by atoms with Gasteiger partial charge >= 0.3 is 0 Å². The lowest BCUT2D eigenvalue weighted by atomic mass is 10.2. The first-order valence-corrected chi connectivity index (χ1v) is 6.87. The Bertz CT molecular complexity index is 337. The molecule has 0 amide bonds. The van der Waals surface area contributed by atoms with E-state index in [-0.39, 0.29) is 0 Å². The Hall–Kier alpha value is -1.17. The average Bonchev–Trinajstić information content (AvgIpc) is 2.46. The SMILES string of the molecule is CCOCCN(CCOCC)c1cc(CN)ccn1. The number of aromatic nitrogens is 1. The van der Waals surface area contributed by atoms with Crippen LogP contribution in [0.15, 0.2) is 18.3 Å². The van der Waals surface area contributed by atoms with E-state index < -0.39 is 0 Å². The van der Waals surface area contributed by atoms with Crippen molar-refractivity contribution in [1.82, 2.24) is 4.98 Å². The number of hydrogen-bond acceptors (Lipinski definition) is 5. The molecular weight excluding hydrogens is 242 g/mol. The van der Waals surface area contributed by atoms with Crippen molar-refractivity contribution in [3.05, 3.63) is 23.9 Å². The molecule has 19 heavy (non-hydrogen) atoms. The van der Waals surface area contributed by atoms with Gasteiger partial charge in [0.25, 0.3) is 0 Å². The molecule has 1 aromatic rings. The molecule has 0 aliphatic rings. The predicted molar refractivity (Wildman–Crippen MR) is 77.3 cm³/mol. The van der Waals surface area contributed by atoms with Crippen molar-refractivity contribution in [2.45, 2.75) is 20.4 Å². The molecule has 5 heteroatoms. The van der Waals surface area contributed by atoms with E-state index in [1.165, 1.54) is 0 Å². The average molecular weight is 267 g/mol. The Kier molecular flexibility index (Phi) is 8.13. The van der Waals surface area contributed by atoms with Crippen molar-refractivity contribution in [2.24, 2.45) is 5.73 Å². The summed E-state index contributed by atoms with van der Waals surface area (Å²) < 4.78 is 10.8. The van der Waals surface area contributed by atoms with Crippen LogP contribution in [-0.2, 0) is 16.0 Å². The summed E-state index contributed by atoms with van der Waals surface area (Å²) in [5.41, 5.74) is 6.75. The third-order valence-electron chi connectivity index (χ3n) is 2.79. The third-order valence-corrected chi connectivity index (χ3v) is 2.79. The molecule has 0 radical (unpaired) electrons. The monoisotopic (exact) mass is 267 g/mol. The van der Waals surface area contributed by atoms with Crippen molar-refractivity contribution in [3.63, 3.8) is 0 Å². The predicted octanol–water partition coefficient (Wildman–Crippen LogP) is 1.42. The number of pyridine rings is 1. The van der Waals surface area contributed by atoms with Crippen molar-refractivity contribution in [2.75, 3.05) is 44.4 Å². The van der Waals surface area contributed by atoms with Crippen LogP contribution in [0.1, 0.15) is 19.4 Å². The lowest BCUT2D eigenvalue weighted by Crippen LogP contribution is -2.32. The van der Waals surface area contributed by atoms with Crippen LogP contribution in [-0.4, -0.2) is 44.5 Å². The van der Waals surface area contributed by atoms with Gasteiger partial charge in [0.15, 0.2) is 0 Å². The minimum absolute atomic E-state index is 0.528. The molecule has 0 atom stereocenters. The fourth-order valence-corrected chi connectivity index (χ4v) is 1.74. The van der Waals surface area contributed by atoms with Gasteiger partial charge in [-0.05, 0) is 31.5 Å². The number of anilines is 1. The molecule has 0 aliphatic heterocycles. The zero-order chi connectivity index (χ0) is 13.9. The van der Waals surface area contributed by atoms with Gasteiger partial charge in [0.1, 0.15) is 5.82 Å². The Morgan fingerprint density at radius 3 is 2.32 bits per heavy atom. The standard InChI is InChI=1S/C14H25N3O2/c1-3-18-9-7-17(8-10-19-4-2)14-11-13(12-15)5-6-16-14/h5-6,11H,3-4,7-10,12,15H2,1-2H3. The molecule has 0 saturated heterocycles. The summed E-state index contributed by atoms with van der Waals surface area (Å²) in [6, 6.07) is 3.96. The molecule has 0 bridgehead atoms. The summed E-state index contributed by atoms with van der Waals surface area (Å²) >= 11 is 0.